The molecule has 4 rings (SSSR count). The van der Waals surface area contributed by atoms with E-state index in [4.69, 9.17) is 0 Å². The van der Waals surface area contributed by atoms with Gasteiger partial charge in [-0.2, -0.15) is 0 Å². The Balaban J connectivity index is 1.48. The van der Waals surface area contributed by atoms with Crippen molar-refractivity contribution in [3.05, 3.63) is 93.9 Å². The van der Waals surface area contributed by atoms with Crippen LogP contribution in [0.5, 0.6) is 0 Å². The van der Waals surface area contributed by atoms with Gasteiger partial charge in [0.25, 0.3) is 15.9 Å². The number of nitrogens with one attached hydrogen (secondary N) is 3. The summed E-state index contributed by atoms with van der Waals surface area (Å²) in [6.45, 7) is 3.74. The number of aryl methyl sites for hydroxylation is 1. The quantitative estimate of drug-likeness (QED) is 0.405. The number of carbonyl (C=O) groups is 1. The van der Waals surface area contributed by atoms with Gasteiger partial charge in [0.2, 0.25) is 0 Å². The van der Waals surface area contributed by atoms with Crippen LogP contribution < -0.4 is 15.3 Å². The highest BCUT2D eigenvalue weighted by Gasteiger charge is 2.21. The molecule has 3 aromatic carbocycles. The minimum atomic E-state index is -3.71. The van der Waals surface area contributed by atoms with Crippen LogP contribution in [-0.2, 0) is 10.0 Å². The zero-order valence-electron chi connectivity index (χ0n) is 18.4. The molecule has 0 saturated carbocycles. The molecule has 9 heteroatoms. The van der Waals surface area contributed by atoms with Crippen LogP contribution >= 0.6 is 0 Å². The van der Waals surface area contributed by atoms with E-state index in [1.165, 1.54) is 11.4 Å². The number of benzene rings is 3. The first-order valence-electron chi connectivity index (χ1n) is 10.3. The number of sulfonamides is 1. The van der Waals surface area contributed by atoms with Gasteiger partial charge >= 0.3 is 5.69 Å². The standard InChI is InChI=1S/C24H24N4O4S/c1-15-4-11-20(12-5-15)33(31,32)28(3)19-9-6-17(7-10-19)23(29)25-16(2)18-8-13-21-22(14-18)27-24(30)26-21/h4-14,16H,1-3H3,(H,25,29)(H2,26,27,30). The Kier molecular flexibility index (Phi) is 5.82. The van der Waals surface area contributed by atoms with E-state index < -0.39 is 10.0 Å². The van der Waals surface area contributed by atoms with Gasteiger partial charge in [0.1, 0.15) is 0 Å². The van der Waals surface area contributed by atoms with E-state index in [0.29, 0.717) is 22.3 Å². The molecule has 8 nitrogen and oxygen atoms in total. The van der Waals surface area contributed by atoms with Crippen molar-refractivity contribution in [3.63, 3.8) is 0 Å². The van der Waals surface area contributed by atoms with Gasteiger partial charge in [-0.1, -0.05) is 23.8 Å². The smallest absolute Gasteiger partial charge is 0.323 e. The average molecular weight is 465 g/mol. The Morgan fingerprint density at radius 1 is 0.939 bits per heavy atom. The normalized spacial score (nSPS) is 12.5. The molecule has 0 aliphatic rings. The Hall–Kier alpha value is -3.85. The number of rotatable bonds is 6. The molecular formula is C24H24N4O4S. The zero-order valence-corrected chi connectivity index (χ0v) is 19.2. The van der Waals surface area contributed by atoms with Gasteiger partial charge in [-0.05, 0) is 67.9 Å². The molecule has 1 heterocycles. The number of aromatic nitrogens is 2. The van der Waals surface area contributed by atoms with Gasteiger partial charge in [-0.15, -0.1) is 0 Å². The lowest BCUT2D eigenvalue weighted by Gasteiger charge is -2.20. The van der Waals surface area contributed by atoms with Crippen molar-refractivity contribution < 1.29 is 13.2 Å². The van der Waals surface area contributed by atoms with Crippen molar-refractivity contribution in [1.29, 1.82) is 0 Å². The van der Waals surface area contributed by atoms with Gasteiger partial charge in [0.15, 0.2) is 0 Å². The largest absolute Gasteiger partial charge is 0.346 e. The Morgan fingerprint density at radius 3 is 2.24 bits per heavy atom. The second-order valence-corrected chi connectivity index (χ2v) is 9.88. The molecule has 0 spiro atoms. The van der Waals surface area contributed by atoms with Crippen molar-refractivity contribution in [2.75, 3.05) is 11.4 Å². The molecule has 1 aromatic heterocycles. The second kappa shape index (κ2) is 8.59. The molecule has 3 N–H and O–H groups in total. The highest BCUT2D eigenvalue weighted by Crippen LogP contribution is 2.23. The molecule has 0 aliphatic carbocycles. The van der Waals surface area contributed by atoms with E-state index in [-0.39, 0.29) is 22.5 Å². The van der Waals surface area contributed by atoms with E-state index >= 15 is 0 Å². The third-order valence-corrected chi connectivity index (χ3v) is 7.36. The summed E-state index contributed by atoms with van der Waals surface area (Å²) in [4.78, 5) is 29.8. The maximum atomic E-state index is 12.9. The van der Waals surface area contributed by atoms with Crippen LogP contribution in [0.2, 0.25) is 0 Å². The minimum Gasteiger partial charge on any atom is -0.346 e. The third kappa shape index (κ3) is 4.54. The lowest BCUT2D eigenvalue weighted by atomic mass is 10.1. The highest BCUT2D eigenvalue weighted by atomic mass is 32.2. The molecule has 33 heavy (non-hydrogen) atoms. The van der Waals surface area contributed by atoms with Gasteiger partial charge in [-0.3, -0.25) is 9.10 Å². The fourth-order valence-electron chi connectivity index (χ4n) is 3.51. The number of H-pyrrole nitrogens is 2. The molecule has 170 valence electrons. The maximum absolute atomic E-state index is 12.9. The number of amides is 1. The van der Waals surface area contributed by atoms with E-state index in [2.05, 4.69) is 15.3 Å². The molecule has 0 bridgehead atoms. The summed E-state index contributed by atoms with van der Waals surface area (Å²) in [6, 6.07) is 18.2. The van der Waals surface area contributed by atoms with E-state index in [0.717, 1.165) is 11.1 Å². The summed E-state index contributed by atoms with van der Waals surface area (Å²) in [7, 11) is -2.23. The SMILES string of the molecule is Cc1ccc(S(=O)(=O)N(C)c2ccc(C(=O)NC(C)c3ccc4[nH]c(=O)[nH]c4c3)cc2)cc1. The molecule has 0 radical (unpaired) electrons. The molecule has 0 aliphatic heterocycles. The van der Waals surface area contributed by atoms with Gasteiger partial charge in [0.05, 0.1) is 27.7 Å². The molecule has 1 atom stereocenters. The van der Waals surface area contributed by atoms with Gasteiger partial charge < -0.3 is 15.3 Å². The van der Waals surface area contributed by atoms with Crippen LogP contribution in [0.4, 0.5) is 5.69 Å². The Morgan fingerprint density at radius 2 is 1.58 bits per heavy atom. The van der Waals surface area contributed by atoms with Crippen LogP contribution in [0.15, 0.2) is 76.4 Å². The average Bonchev–Trinajstić information content (AvgIpc) is 3.18. The van der Waals surface area contributed by atoms with Crippen molar-refractivity contribution >= 4 is 32.7 Å². The van der Waals surface area contributed by atoms with Crippen LogP contribution in [0.1, 0.15) is 34.5 Å². The molecule has 4 aromatic rings. The number of carbonyl (C=O) groups excluding carboxylic acids is 1. The Bertz CT molecular complexity index is 1470. The second-order valence-electron chi connectivity index (χ2n) is 7.91. The first kappa shape index (κ1) is 22.3. The fraction of sp³-hybridized carbons (Fsp3) is 0.167. The highest BCUT2D eigenvalue weighted by molar-refractivity contribution is 7.92. The van der Waals surface area contributed by atoms with E-state index in [9.17, 15) is 18.0 Å². The lowest BCUT2D eigenvalue weighted by Crippen LogP contribution is -2.28. The number of anilines is 1. The zero-order chi connectivity index (χ0) is 23.8. The van der Waals surface area contributed by atoms with Crippen molar-refractivity contribution in [2.24, 2.45) is 0 Å². The van der Waals surface area contributed by atoms with Crippen LogP contribution in [0.25, 0.3) is 11.0 Å². The molecule has 0 saturated heterocycles. The predicted molar refractivity (Wildman–Crippen MR) is 128 cm³/mol. The summed E-state index contributed by atoms with van der Waals surface area (Å²) in [6.07, 6.45) is 0. The molecular weight excluding hydrogens is 440 g/mol. The van der Waals surface area contributed by atoms with Crippen molar-refractivity contribution in [3.8, 4) is 0 Å². The number of aromatic amines is 2. The van der Waals surface area contributed by atoms with Gasteiger partial charge in [-0.25, -0.2) is 13.2 Å². The predicted octanol–water partition coefficient (Wildman–Crippen LogP) is 3.48. The number of hydrogen-bond acceptors (Lipinski definition) is 4. The molecule has 0 fully saturated rings. The first-order chi connectivity index (χ1) is 15.6. The Labute approximate surface area is 191 Å². The van der Waals surface area contributed by atoms with E-state index in [1.54, 1.807) is 54.6 Å². The van der Waals surface area contributed by atoms with Crippen LogP contribution in [0, 0.1) is 6.92 Å². The number of hydrogen-bond donors (Lipinski definition) is 3. The topological polar surface area (TPSA) is 115 Å². The van der Waals surface area contributed by atoms with E-state index in [1.807, 2.05) is 26.0 Å². The fourth-order valence-corrected chi connectivity index (χ4v) is 4.71. The summed E-state index contributed by atoms with van der Waals surface area (Å²) >= 11 is 0. The third-order valence-electron chi connectivity index (χ3n) is 5.56. The molecule has 1 unspecified atom stereocenters. The van der Waals surface area contributed by atoms with Crippen LogP contribution in [0.3, 0.4) is 0 Å². The van der Waals surface area contributed by atoms with Crippen molar-refractivity contribution in [2.45, 2.75) is 24.8 Å². The summed E-state index contributed by atoms with van der Waals surface area (Å²) in [5, 5.41) is 2.92. The monoisotopic (exact) mass is 464 g/mol. The number of fused-ring (bicyclic) bond motifs is 1. The number of nitrogens with zero attached hydrogens (tertiary/aromatic N) is 1. The summed E-state index contributed by atoms with van der Waals surface area (Å²) in [5.74, 6) is -0.291. The minimum absolute atomic E-state index is 0.201. The lowest BCUT2D eigenvalue weighted by molar-refractivity contribution is 0.0940. The summed E-state index contributed by atoms with van der Waals surface area (Å²) in [5.41, 5.74) is 3.75. The number of imidazole rings is 1. The maximum Gasteiger partial charge on any atom is 0.323 e. The van der Waals surface area contributed by atoms with Crippen LogP contribution in [-0.4, -0.2) is 31.3 Å². The van der Waals surface area contributed by atoms with Crippen molar-refractivity contribution in [1.82, 2.24) is 15.3 Å². The van der Waals surface area contributed by atoms with Gasteiger partial charge in [0, 0.05) is 12.6 Å². The summed E-state index contributed by atoms with van der Waals surface area (Å²) < 4.78 is 27.0. The first-order valence-corrected chi connectivity index (χ1v) is 11.8. The molecule has 1 amide bonds.